The molecule has 0 saturated heterocycles. The van der Waals surface area contributed by atoms with Crippen LogP contribution in [-0.2, 0) is 0 Å². The molecule has 1 aliphatic rings. The molecule has 0 atom stereocenters. The van der Waals surface area contributed by atoms with Crippen molar-refractivity contribution < 1.29 is 0 Å². The van der Waals surface area contributed by atoms with Crippen molar-refractivity contribution in [2.75, 3.05) is 5.75 Å². The molecule has 0 saturated carbocycles. The predicted molar refractivity (Wildman–Crippen MR) is 94.6 cm³/mol. The highest BCUT2D eigenvalue weighted by atomic mass is 35.5. The molecule has 23 heavy (non-hydrogen) atoms. The van der Waals surface area contributed by atoms with Gasteiger partial charge in [-0.05, 0) is 29.8 Å². The van der Waals surface area contributed by atoms with Crippen molar-refractivity contribution in [1.29, 1.82) is 0 Å². The molecule has 3 aromatic rings. The first kappa shape index (κ1) is 14.8. The summed E-state index contributed by atoms with van der Waals surface area (Å²) >= 11 is 13.8. The molecule has 0 fully saturated rings. The number of nitrogens with zero attached hydrogens (tertiary/aromatic N) is 4. The molecule has 4 rings (SSSR count). The Morgan fingerprint density at radius 3 is 2.52 bits per heavy atom. The summed E-state index contributed by atoms with van der Waals surface area (Å²) in [6.07, 6.45) is 0. The molecule has 4 nitrogen and oxygen atoms in total. The Kier molecular flexibility index (Phi) is 3.85. The zero-order valence-corrected chi connectivity index (χ0v) is 14.1. The molecule has 1 aromatic heterocycles. The molecular weight excluding hydrogens is 351 g/mol. The number of halogens is 2. The molecular formula is C16H10Cl2N4S. The molecule has 114 valence electrons. The minimum atomic E-state index is 0.626. The van der Waals surface area contributed by atoms with Crippen molar-refractivity contribution in [2.45, 2.75) is 5.16 Å². The van der Waals surface area contributed by atoms with Crippen molar-refractivity contribution in [1.82, 2.24) is 14.9 Å². The summed E-state index contributed by atoms with van der Waals surface area (Å²) in [6, 6.07) is 15.2. The Hall–Kier alpha value is -1.82. The molecule has 0 bridgehead atoms. The number of hydrogen-bond donors (Lipinski definition) is 0. The van der Waals surface area contributed by atoms with E-state index in [9.17, 15) is 0 Å². The summed E-state index contributed by atoms with van der Waals surface area (Å²) in [5, 5.41) is 15.3. The van der Waals surface area contributed by atoms with Gasteiger partial charge in [-0.1, -0.05) is 59.2 Å². The zero-order chi connectivity index (χ0) is 15.8. The molecule has 0 aliphatic carbocycles. The second-order valence-corrected chi connectivity index (χ2v) is 6.73. The fourth-order valence-electron chi connectivity index (χ4n) is 2.32. The number of thioether (sulfide) groups is 1. The van der Waals surface area contributed by atoms with E-state index in [-0.39, 0.29) is 0 Å². The van der Waals surface area contributed by atoms with Crippen molar-refractivity contribution in [3.8, 4) is 11.4 Å². The third-order valence-electron chi connectivity index (χ3n) is 3.46. The smallest absolute Gasteiger partial charge is 0.186 e. The zero-order valence-electron chi connectivity index (χ0n) is 11.8. The van der Waals surface area contributed by atoms with Gasteiger partial charge >= 0.3 is 0 Å². The van der Waals surface area contributed by atoms with Gasteiger partial charge in [0.15, 0.2) is 5.82 Å². The van der Waals surface area contributed by atoms with Crippen molar-refractivity contribution in [3.63, 3.8) is 0 Å². The van der Waals surface area contributed by atoms with Crippen molar-refractivity contribution in [3.05, 3.63) is 64.1 Å². The highest BCUT2D eigenvalue weighted by Gasteiger charge is 2.21. The van der Waals surface area contributed by atoms with Gasteiger partial charge in [0, 0.05) is 16.3 Å². The van der Waals surface area contributed by atoms with Crippen LogP contribution in [0.15, 0.2) is 58.8 Å². The van der Waals surface area contributed by atoms with Gasteiger partial charge < -0.3 is 0 Å². The highest BCUT2D eigenvalue weighted by molar-refractivity contribution is 7.99. The molecule has 0 spiro atoms. The van der Waals surface area contributed by atoms with Gasteiger partial charge in [0.05, 0.1) is 10.7 Å². The summed E-state index contributed by atoms with van der Waals surface area (Å²) in [7, 11) is 0. The van der Waals surface area contributed by atoms with Gasteiger partial charge in [-0.2, -0.15) is 9.78 Å². The minimum absolute atomic E-state index is 0.626. The van der Waals surface area contributed by atoms with E-state index in [1.54, 1.807) is 16.4 Å². The van der Waals surface area contributed by atoms with E-state index in [0.29, 0.717) is 15.9 Å². The molecule has 0 N–H and O–H groups in total. The molecule has 0 amide bonds. The number of fused-ring (bicyclic) bond motifs is 1. The average molecular weight is 361 g/mol. The maximum absolute atomic E-state index is 6.28. The van der Waals surface area contributed by atoms with Crippen LogP contribution in [0.5, 0.6) is 0 Å². The Bertz CT molecular complexity index is 903. The Morgan fingerprint density at radius 2 is 1.74 bits per heavy atom. The van der Waals surface area contributed by atoms with Gasteiger partial charge in [-0.3, -0.25) is 0 Å². The molecule has 0 radical (unpaired) electrons. The van der Waals surface area contributed by atoms with E-state index in [0.717, 1.165) is 27.7 Å². The lowest BCUT2D eigenvalue weighted by molar-refractivity contribution is 0.762. The summed E-state index contributed by atoms with van der Waals surface area (Å²) in [6.45, 7) is 0. The van der Waals surface area contributed by atoms with Crippen LogP contribution in [0.2, 0.25) is 10.0 Å². The van der Waals surface area contributed by atoms with E-state index >= 15 is 0 Å². The summed E-state index contributed by atoms with van der Waals surface area (Å²) < 4.78 is 1.75. The molecule has 1 aliphatic heterocycles. The number of rotatable bonds is 2. The summed E-state index contributed by atoms with van der Waals surface area (Å²) in [5.74, 6) is 1.38. The van der Waals surface area contributed by atoms with Gasteiger partial charge in [0.25, 0.3) is 0 Å². The van der Waals surface area contributed by atoms with Crippen molar-refractivity contribution in [2.24, 2.45) is 5.10 Å². The predicted octanol–water partition coefficient (Wildman–Crippen LogP) is 4.61. The maximum Gasteiger partial charge on any atom is 0.212 e. The highest BCUT2D eigenvalue weighted by Crippen LogP contribution is 2.31. The van der Waals surface area contributed by atoms with E-state index in [1.807, 2.05) is 48.5 Å². The van der Waals surface area contributed by atoms with Crippen LogP contribution in [0.1, 0.15) is 5.56 Å². The fraction of sp³-hybridized carbons (Fsp3) is 0.0625. The second kappa shape index (κ2) is 6.00. The van der Waals surface area contributed by atoms with Crippen LogP contribution >= 0.6 is 35.0 Å². The normalized spacial score (nSPS) is 13.6. The first-order valence-corrected chi connectivity index (χ1v) is 8.63. The van der Waals surface area contributed by atoms with Crippen LogP contribution < -0.4 is 0 Å². The quantitative estimate of drug-likeness (QED) is 0.670. The topological polar surface area (TPSA) is 43.1 Å². The number of hydrogen-bond acceptors (Lipinski definition) is 4. The average Bonchev–Trinajstić information content (AvgIpc) is 2.99. The van der Waals surface area contributed by atoms with Crippen LogP contribution in [0.25, 0.3) is 11.4 Å². The van der Waals surface area contributed by atoms with Gasteiger partial charge in [-0.25, -0.2) is 0 Å². The second-order valence-electron chi connectivity index (χ2n) is 4.94. The van der Waals surface area contributed by atoms with Crippen LogP contribution in [-0.4, -0.2) is 26.3 Å². The molecule has 0 unspecified atom stereocenters. The van der Waals surface area contributed by atoms with Gasteiger partial charge in [0.1, 0.15) is 0 Å². The monoisotopic (exact) mass is 360 g/mol. The Labute approximate surface area is 147 Å². The largest absolute Gasteiger partial charge is 0.212 e. The van der Waals surface area contributed by atoms with Crippen LogP contribution in [0.4, 0.5) is 0 Å². The summed E-state index contributed by atoms with van der Waals surface area (Å²) in [5.41, 5.74) is 2.80. The lowest BCUT2D eigenvalue weighted by atomic mass is 10.1. The van der Waals surface area contributed by atoms with Gasteiger partial charge in [0.2, 0.25) is 5.16 Å². The molecule has 7 heteroatoms. The number of benzene rings is 2. The lowest BCUT2D eigenvalue weighted by Gasteiger charge is -2.14. The molecule has 2 aromatic carbocycles. The standard InChI is InChI=1S/C16H10Cl2N4S/c17-11-7-5-10(6-8-11)14-9-23-16-20-19-15(22(16)21-14)12-3-1-2-4-13(12)18/h1-8H,9H2. The first-order valence-electron chi connectivity index (χ1n) is 6.89. The van der Waals surface area contributed by atoms with E-state index in [2.05, 4.69) is 10.2 Å². The first-order chi connectivity index (χ1) is 11.2. The summed E-state index contributed by atoms with van der Waals surface area (Å²) in [4.78, 5) is 0. The molecule has 2 heterocycles. The van der Waals surface area contributed by atoms with E-state index in [4.69, 9.17) is 28.3 Å². The van der Waals surface area contributed by atoms with Crippen molar-refractivity contribution >= 4 is 40.7 Å². The van der Waals surface area contributed by atoms with E-state index in [1.165, 1.54) is 0 Å². The van der Waals surface area contributed by atoms with Crippen LogP contribution in [0, 0.1) is 0 Å². The number of aromatic nitrogens is 3. The maximum atomic E-state index is 6.28. The van der Waals surface area contributed by atoms with Crippen LogP contribution in [0.3, 0.4) is 0 Å². The SMILES string of the molecule is Clc1ccc(C2=Nn3c(nnc3-c3ccccc3Cl)SC2)cc1. The Balaban J connectivity index is 1.81. The van der Waals surface area contributed by atoms with E-state index < -0.39 is 0 Å². The fourth-order valence-corrected chi connectivity index (χ4v) is 3.51. The minimum Gasteiger partial charge on any atom is -0.186 e. The van der Waals surface area contributed by atoms with Gasteiger partial charge in [-0.15, -0.1) is 10.2 Å². The third kappa shape index (κ3) is 2.76. The lowest BCUT2D eigenvalue weighted by Crippen LogP contribution is -2.13. The Morgan fingerprint density at radius 1 is 0.957 bits per heavy atom. The third-order valence-corrected chi connectivity index (χ3v) is 4.98.